The predicted molar refractivity (Wildman–Crippen MR) is 55.4 cm³/mol. The normalized spacial score (nSPS) is 11.7. The lowest BCUT2D eigenvalue weighted by Crippen LogP contribution is -2.19. The summed E-state index contributed by atoms with van der Waals surface area (Å²) in [6.45, 7) is -3.01. The fourth-order valence-electron chi connectivity index (χ4n) is 0.972. The highest BCUT2D eigenvalue weighted by Crippen LogP contribution is 2.29. The zero-order chi connectivity index (χ0) is 10.8. The average Bonchev–Trinajstić information content (AvgIpc) is 2.06. The fraction of sp³-hybridized carbons (Fsp3) is 0.250. The van der Waals surface area contributed by atoms with E-state index in [9.17, 15) is 12.9 Å². The Kier molecular flexibility index (Phi) is 3.36. The monoisotopic (exact) mass is 220 g/mol. The maximum Gasteiger partial charge on any atom is 0.488 e. The first-order valence-electron chi connectivity index (χ1n) is 4.09. The molecular weight excluding hydrogens is 210 g/mol. The van der Waals surface area contributed by atoms with E-state index in [1.165, 1.54) is 0 Å². The van der Waals surface area contributed by atoms with Crippen molar-refractivity contribution < 1.29 is 12.9 Å². The number of nitrogens with two attached hydrogens (primary N) is 1. The molecule has 0 radical (unpaired) electrons. The van der Waals surface area contributed by atoms with Gasteiger partial charge in [0, 0.05) is 10.6 Å². The first kappa shape index (κ1) is 11.3. The van der Waals surface area contributed by atoms with Gasteiger partial charge in [-0.05, 0) is 30.3 Å². The molecule has 2 N–H and O–H groups in total. The van der Waals surface area contributed by atoms with E-state index in [1.807, 2.05) is 0 Å². The number of nitrogen functional groups attached to an aromatic ring is 1. The summed E-state index contributed by atoms with van der Waals surface area (Å²) in [5, 5.41) is 0. The Bertz CT molecular complexity index is 327. The van der Waals surface area contributed by atoms with Crippen LogP contribution >= 0.6 is 11.8 Å². The predicted octanol–water partition coefficient (Wildman–Crippen LogP) is 3.06. The summed E-state index contributed by atoms with van der Waals surface area (Å²) >= 11 is 0.791. The number of hydrogen-bond donors (Lipinski definition) is 1. The Hall–Kier alpha value is -0.775. The zero-order valence-electron chi connectivity index (χ0n) is 7.64. The molecule has 0 fully saturated rings. The van der Waals surface area contributed by atoms with Gasteiger partial charge in [-0.2, -0.15) is 11.8 Å². The summed E-state index contributed by atoms with van der Waals surface area (Å²) in [6.07, 6.45) is 0. The van der Waals surface area contributed by atoms with E-state index < -0.39 is 12.6 Å². The second kappa shape index (κ2) is 4.17. The van der Waals surface area contributed by atoms with Gasteiger partial charge in [0.2, 0.25) is 0 Å². The van der Waals surface area contributed by atoms with Crippen LogP contribution in [0, 0.1) is 6.92 Å². The summed E-state index contributed by atoms with van der Waals surface area (Å²) in [6, 6.07) is 4.99. The molecule has 0 aliphatic rings. The van der Waals surface area contributed by atoms with Gasteiger partial charge in [0.25, 0.3) is 0 Å². The quantitative estimate of drug-likeness (QED) is 0.481. The van der Waals surface area contributed by atoms with Crippen LogP contribution in [0.2, 0.25) is 0 Å². The topological polar surface area (TPSA) is 26.0 Å². The van der Waals surface area contributed by atoms with Crippen molar-refractivity contribution in [2.75, 3.05) is 11.4 Å². The maximum atomic E-state index is 12.0. The molecule has 0 heterocycles. The lowest BCUT2D eigenvalue weighted by atomic mass is 9.98. The summed E-state index contributed by atoms with van der Waals surface area (Å²) in [4.78, 5) is 0.601. The molecule has 0 aliphatic carbocycles. The van der Waals surface area contributed by atoms with E-state index in [0.29, 0.717) is 10.6 Å². The summed E-state index contributed by atoms with van der Waals surface area (Å²) in [7, 11) is 0. The Balaban J connectivity index is 2.73. The van der Waals surface area contributed by atoms with Gasteiger partial charge < -0.3 is 18.7 Å². The highest BCUT2D eigenvalue weighted by molar-refractivity contribution is 8.00. The van der Waals surface area contributed by atoms with Crippen molar-refractivity contribution >= 4 is 24.4 Å². The lowest BCUT2D eigenvalue weighted by Gasteiger charge is -2.14. The molecule has 0 saturated carbocycles. The molecule has 1 aromatic carbocycles. The molecule has 1 nitrogen and oxygen atoms in total. The molecule has 1 aromatic rings. The van der Waals surface area contributed by atoms with E-state index in [4.69, 9.17) is 5.73 Å². The zero-order valence-corrected chi connectivity index (χ0v) is 8.45. The van der Waals surface area contributed by atoms with Crippen molar-refractivity contribution in [1.29, 1.82) is 0 Å². The molecule has 6 heteroatoms. The van der Waals surface area contributed by atoms with E-state index >= 15 is 0 Å². The average molecular weight is 220 g/mol. The van der Waals surface area contributed by atoms with Gasteiger partial charge >= 0.3 is 6.98 Å². The van der Waals surface area contributed by atoms with Crippen LogP contribution < -0.4 is 5.73 Å². The van der Waals surface area contributed by atoms with Crippen LogP contribution in [0.15, 0.2) is 23.1 Å². The number of thioether (sulfide) groups is 1. The molecule has 0 saturated heterocycles. The highest BCUT2D eigenvalue weighted by Gasteiger charge is 2.23. The van der Waals surface area contributed by atoms with Crippen molar-refractivity contribution in [3.63, 3.8) is 0 Å². The van der Waals surface area contributed by atoms with Crippen LogP contribution in [0.25, 0.3) is 0 Å². The van der Waals surface area contributed by atoms with E-state index in [2.05, 4.69) is 0 Å². The maximum absolute atomic E-state index is 12.0. The second-order valence-electron chi connectivity index (χ2n) is 2.99. The van der Waals surface area contributed by atoms with Crippen molar-refractivity contribution in [2.45, 2.75) is 11.8 Å². The van der Waals surface area contributed by atoms with Crippen molar-refractivity contribution in [3.8, 4) is 0 Å². The molecular formula is C8H10BF3NS-. The molecule has 0 atom stereocenters. The molecule has 0 spiro atoms. The van der Waals surface area contributed by atoms with E-state index in [1.54, 1.807) is 25.1 Å². The largest absolute Gasteiger partial charge is 0.488 e. The Morgan fingerprint density at radius 1 is 1.36 bits per heavy atom. The Morgan fingerprint density at radius 3 is 2.57 bits per heavy atom. The van der Waals surface area contributed by atoms with E-state index in [-0.39, 0.29) is 0 Å². The summed E-state index contributed by atoms with van der Waals surface area (Å²) < 4.78 is 36.0. The first-order valence-corrected chi connectivity index (χ1v) is 5.07. The smallest absolute Gasteiger partial charge is 0.448 e. The van der Waals surface area contributed by atoms with Gasteiger partial charge in [0.15, 0.2) is 0 Å². The molecule has 0 unspecified atom stereocenters. The van der Waals surface area contributed by atoms with Crippen LogP contribution in [-0.4, -0.2) is 12.6 Å². The second-order valence-corrected chi connectivity index (χ2v) is 4.05. The molecule has 0 aliphatic heterocycles. The minimum absolute atomic E-state index is 0.532. The lowest BCUT2D eigenvalue weighted by molar-refractivity contribution is 0.485. The minimum atomic E-state index is -4.73. The number of anilines is 1. The van der Waals surface area contributed by atoms with Gasteiger partial charge in [0.1, 0.15) is 0 Å². The van der Waals surface area contributed by atoms with Gasteiger partial charge in [-0.15, -0.1) is 0 Å². The Labute approximate surface area is 84.9 Å². The van der Waals surface area contributed by atoms with Crippen molar-refractivity contribution in [1.82, 2.24) is 0 Å². The standard InChI is InChI=1S/C8H10BF3NS/c1-6-7(13)3-2-4-8(6)14-5-9(10,11)12/h2-4H,5,13H2,1H3/q-1. The fourth-order valence-corrected chi connectivity index (χ4v) is 1.85. The molecule has 0 aromatic heterocycles. The third-order valence-electron chi connectivity index (χ3n) is 1.75. The van der Waals surface area contributed by atoms with Crippen LogP contribution in [0.1, 0.15) is 5.56 Å². The van der Waals surface area contributed by atoms with Crippen LogP contribution in [0.5, 0.6) is 0 Å². The molecule has 0 amide bonds. The number of hydrogen-bond acceptors (Lipinski definition) is 2. The molecule has 78 valence electrons. The molecule has 0 bridgehead atoms. The van der Waals surface area contributed by atoms with Crippen LogP contribution in [0.4, 0.5) is 18.6 Å². The van der Waals surface area contributed by atoms with Gasteiger partial charge in [0.05, 0.1) is 0 Å². The first-order chi connectivity index (χ1) is 6.40. The third kappa shape index (κ3) is 3.18. The van der Waals surface area contributed by atoms with Crippen molar-refractivity contribution in [3.05, 3.63) is 23.8 Å². The van der Waals surface area contributed by atoms with Crippen LogP contribution in [0.3, 0.4) is 0 Å². The Morgan fingerprint density at radius 2 is 2.00 bits per heavy atom. The van der Waals surface area contributed by atoms with Gasteiger partial charge in [-0.25, -0.2) is 0 Å². The summed E-state index contributed by atoms with van der Waals surface area (Å²) in [5.74, 6) is 0. The van der Waals surface area contributed by atoms with Crippen LogP contribution in [-0.2, 0) is 0 Å². The van der Waals surface area contributed by atoms with Gasteiger partial charge in [-0.1, -0.05) is 6.07 Å². The van der Waals surface area contributed by atoms with Crippen molar-refractivity contribution in [2.24, 2.45) is 0 Å². The number of halogens is 3. The minimum Gasteiger partial charge on any atom is -0.448 e. The number of benzene rings is 1. The third-order valence-corrected chi connectivity index (χ3v) is 3.05. The molecule has 1 rings (SSSR count). The summed E-state index contributed by atoms with van der Waals surface area (Å²) in [5.41, 5.74) is 6.01. The van der Waals surface area contributed by atoms with Gasteiger partial charge in [-0.3, -0.25) is 0 Å². The number of rotatable bonds is 3. The highest BCUT2D eigenvalue weighted by atomic mass is 32.2. The van der Waals surface area contributed by atoms with E-state index in [0.717, 1.165) is 17.3 Å². The molecule has 14 heavy (non-hydrogen) atoms. The SMILES string of the molecule is Cc1c(N)cccc1SC[B-](F)(F)F.